The molecule has 0 aliphatic rings. The highest BCUT2D eigenvalue weighted by atomic mass is 32.2. The summed E-state index contributed by atoms with van der Waals surface area (Å²) in [5, 5.41) is 13.0. The summed E-state index contributed by atoms with van der Waals surface area (Å²) >= 11 is 0.760. The maximum Gasteiger partial charge on any atom is 0.264 e. The maximum absolute atomic E-state index is 11.7. The molecule has 0 aliphatic carbocycles. The molecule has 0 saturated carbocycles. The fourth-order valence-corrected chi connectivity index (χ4v) is 1.46. The van der Waals surface area contributed by atoms with Crippen molar-refractivity contribution in [2.45, 2.75) is 6.92 Å². The van der Waals surface area contributed by atoms with Crippen LogP contribution in [0.25, 0.3) is 0 Å². The number of hydrogen-bond acceptors (Lipinski definition) is 4. The normalized spacial score (nSPS) is 11.2. The number of thiocyanates is 1. The number of carbonyl (C=O) groups is 1. The summed E-state index contributed by atoms with van der Waals surface area (Å²) in [7, 11) is 0. The second-order valence-electron chi connectivity index (χ2n) is 3.03. The number of para-hydroxylation sites is 1. The van der Waals surface area contributed by atoms with E-state index in [2.05, 4.69) is 5.32 Å². The van der Waals surface area contributed by atoms with Crippen molar-refractivity contribution >= 4 is 23.4 Å². The smallest absolute Gasteiger partial charge is 0.264 e. The molecule has 0 heterocycles. The first-order chi connectivity index (χ1) is 7.65. The first-order valence-corrected chi connectivity index (χ1v) is 5.35. The zero-order chi connectivity index (χ0) is 12.0. The highest BCUT2D eigenvalue weighted by molar-refractivity contribution is 8.08. The zero-order valence-corrected chi connectivity index (χ0v) is 9.54. The Balaban J connectivity index is 2.80. The number of benzene rings is 1. The molecule has 5 heteroatoms. The fourth-order valence-electron chi connectivity index (χ4n) is 1.06. The van der Waals surface area contributed by atoms with Crippen molar-refractivity contribution in [3.05, 3.63) is 40.9 Å². The minimum absolute atomic E-state index is 0.228. The van der Waals surface area contributed by atoms with Gasteiger partial charge in [-0.2, -0.15) is 5.26 Å². The van der Waals surface area contributed by atoms with Crippen molar-refractivity contribution in [1.29, 1.82) is 5.26 Å². The third-order valence-corrected chi connectivity index (χ3v) is 2.55. The van der Waals surface area contributed by atoms with E-state index in [1.165, 1.54) is 0 Å². The number of carbonyl (C=O) groups excluding carboxylic acids is 1. The molecule has 1 amide bonds. The zero-order valence-electron chi connectivity index (χ0n) is 8.73. The first-order valence-electron chi connectivity index (χ1n) is 4.54. The standard InChI is InChI=1S/C11H11N3OS/c1-8(13)10(16-7-12)11(15)14-9-5-3-2-4-6-9/h2-6H,13H2,1H3,(H,14,15)/b10-8+. The van der Waals surface area contributed by atoms with Gasteiger partial charge >= 0.3 is 0 Å². The molecule has 0 aliphatic heterocycles. The lowest BCUT2D eigenvalue weighted by atomic mass is 10.3. The highest BCUT2D eigenvalue weighted by Crippen LogP contribution is 2.18. The molecule has 0 aromatic heterocycles. The van der Waals surface area contributed by atoms with E-state index in [4.69, 9.17) is 11.0 Å². The Bertz CT molecular complexity index is 444. The van der Waals surface area contributed by atoms with E-state index in [1.54, 1.807) is 19.1 Å². The van der Waals surface area contributed by atoms with Crippen LogP contribution in [0, 0.1) is 10.7 Å². The summed E-state index contributed by atoms with van der Waals surface area (Å²) in [5.74, 6) is -0.363. The van der Waals surface area contributed by atoms with Crippen molar-refractivity contribution in [3.63, 3.8) is 0 Å². The Morgan fingerprint density at radius 2 is 2.06 bits per heavy atom. The van der Waals surface area contributed by atoms with E-state index in [9.17, 15) is 4.79 Å². The van der Waals surface area contributed by atoms with E-state index in [1.807, 2.05) is 23.6 Å². The largest absolute Gasteiger partial charge is 0.401 e. The van der Waals surface area contributed by atoms with E-state index in [0.717, 1.165) is 11.8 Å². The molecule has 1 aromatic carbocycles. The van der Waals surface area contributed by atoms with Gasteiger partial charge in [0.15, 0.2) is 0 Å². The third-order valence-electron chi connectivity index (χ3n) is 1.74. The quantitative estimate of drug-likeness (QED) is 0.618. The number of nitrogens with one attached hydrogen (secondary N) is 1. The number of rotatable bonds is 3. The summed E-state index contributed by atoms with van der Waals surface area (Å²) in [4.78, 5) is 12.0. The average molecular weight is 233 g/mol. The maximum atomic E-state index is 11.7. The second kappa shape index (κ2) is 5.83. The van der Waals surface area contributed by atoms with Crippen molar-refractivity contribution in [3.8, 4) is 5.40 Å². The topological polar surface area (TPSA) is 78.9 Å². The van der Waals surface area contributed by atoms with Crippen LogP contribution in [0.1, 0.15) is 6.92 Å². The van der Waals surface area contributed by atoms with Crippen molar-refractivity contribution in [2.24, 2.45) is 5.73 Å². The van der Waals surface area contributed by atoms with Gasteiger partial charge in [-0.1, -0.05) is 18.2 Å². The molecule has 16 heavy (non-hydrogen) atoms. The number of amides is 1. The molecule has 82 valence electrons. The van der Waals surface area contributed by atoms with E-state index in [-0.39, 0.29) is 10.8 Å². The van der Waals surface area contributed by atoms with Gasteiger partial charge in [0.25, 0.3) is 5.91 Å². The van der Waals surface area contributed by atoms with E-state index in [0.29, 0.717) is 11.4 Å². The van der Waals surface area contributed by atoms with Gasteiger partial charge in [-0.05, 0) is 30.8 Å². The number of nitrogens with zero attached hydrogens (tertiary/aromatic N) is 1. The summed E-state index contributed by atoms with van der Waals surface area (Å²) in [6.07, 6.45) is 0. The predicted octanol–water partition coefficient (Wildman–Crippen LogP) is 2.03. The lowest BCUT2D eigenvalue weighted by Gasteiger charge is -2.06. The molecule has 0 saturated heterocycles. The minimum atomic E-state index is -0.363. The number of thioether (sulfide) groups is 1. The molecule has 0 unspecified atom stereocenters. The van der Waals surface area contributed by atoms with Gasteiger partial charge in [0.2, 0.25) is 0 Å². The van der Waals surface area contributed by atoms with E-state index < -0.39 is 0 Å². The van der Waals surface area contributed by atoms with Crippen LogP contribution in [-0.4, -0.2) is 5.91 Å². The molecular formula is C11H11N3OS. The van der Waals surface area contributed by atoms with Crippen molar-refractivity contribution in [1.82, 2.24) is 0 Å². The Morgan fingerprint density at radius 3 is 2.56 bits per heavy atom. The summed E-state index contributed by atoms with van der Waals surface area (Å²) < 4.78 is 0. The average Bonchev–Trinajstić information content (AvgIpc) is 2.26. The van der Waals surface area contributed by atoms with Crippen molar-refractivity contribution in [2.75, 3.05) is 5.32 Å². The Morgan fingerprint density at radius 1 is 1.44 bits per heavy atom. The molecule has 3 N–H and O–H groups in total. The predicted molar refractivity (Wildman–Crippen MR) is 65.2 cm³/mol. The number of nitrogens with two attached hydrogens (primary N) is 1. The molecule has 4 nitrogen and oxygen atoms in total. The molecule has 1 rings (SSSR count). The Hall–Kier alpha value is -1.93. The Labute approximate surface area is 98.1 Å². The van der Waals surface area contributed by atoms with Crippen LogP contribution in [0.2, 0.25) is 0 Å². The Kier molecular flexibility index (Phi) is 4.42. The van der Waals surface area contributed by atoms with Gasteiger partial charge in [0, 0.05) is 11.4 Å². The summed E-state index contributed by atoms with van der Waals surface area (Å²) in [6, 6.07) is 9.00. The molecule has 0 fully saturated rings. The van der Waals surface area contributed by atoms with Crippen molar-refractivity contribution < 1.29 is 4.79 Å². The molecular weight excluding hydrogens is 222 g/mol. The van der Waals surface area contributed by atoms with Gasteiger partial charge in [-0.3, -0.25) is 4.79 Å². The molecule has 0 bridgehead atoms. The lowest BCUT2D eigenvalue weighted by Crippen LogP contribution is -2.15. The molecule has 0 atom stereocenters. The number of hydrogen-bond donors (Lipinski definition) is 2. The summed E-state index contributed by atoms with van der Waals surface area (Å²) in [5.41, 5.74) is 6.53. The summed E-state index contributed by atoms with van der Waals surface area (Å²) in [6.45, 7) is 1.59. The van der Waals surface area contributed by atoms with Gasteiger partial charge in [0.1, 0.15) is 10.3 Å². The van der Waals surface area contributed by atoms with Crippen LogP contribution in [0.4, 0.5) is 5.69 Å². The van der Waals surface area contributed by atoms with Crippen LogP contribution in [0.5, 0.6) is 0 Å². The van der Waals surface area contributed by atoms with Gasteiger partial charge in [-0.25, -0.2) is 0 Å². The second-order valence-corrected chi connectivity index (χ2v) is 3.82. The van der Waals surface area contributed by atoms with Gasteiger partial charge in [0.05, 0.1) is 0 Å². The van der Waals surface area contributed by atoms with Gasteiger partial charge < -0.3 is 11.1 Å². The van der Waals surface area contributed by atoms with Crippen LogP contribution in [0.3, 0.4) is 0 Å². The van der Waals surface area contributed by atoms with Crippen LogP contribution >= 0.6 is 11.8 Å². The van der Waals surface area contributed by atoms with Gasteiger partial charge in [-0.15, -0.1) is 0 Å². The molecule has 0 radical (unpaired) electrons. The number of nitriles is 1. The van der Waals surface area contributed by atoms with Crippen LogP contribution in [0.15, 0.2) is 40.9 Å². The molecule has 1 aromatic rings. The first kappa shape index (κ1) is 12.1. The monoisotopic (exact) mass is 233 g/mol. The lowest BCUT2D eigenvalue weighted by molar-refractivity contribution is -0.112. The van der Waals surface area contributed by atoms with Crippen LogP contribution < -0.4 is 11.1 Å². The molecule has 0 spiro atoms. The minimum Gasteiger partial charge on any atom is -0.401 e. The van der Waals surface area contributed by atoms with E-state index >= 15 is 0 Å². The SMILES string of the molecule is C/C(N)=C(\SC#N)C(=O)Nc1ccccc1. The number of allylic oxidation sites excluding steroid dienone is 1. The highest BCUT2D eigenvalue weighted by Gasteiger charge is 2.12. The number of anilines is 1. The fraction of sp³-hybridized carbons (Fsp3) is 0.0909. The third kappa shape index (κ3) is 3.33. The van der Waals surface area contributed by atoms with Crippen LogP contribution in [-0.2, 0) is 4.79 Å².